The van der Waals surface area contributed by atoms with Gasteiger partial charge in [-0.2, -0.15) is 0 Å². The van der Waals surface area contributed by atoms with Crippen molar-refractivity contribution in [2.75, 3.05) is 5.75 Å². The summed E-state index contributed by atoms with van der Waals surface area (Å²) in [7, 11) is 0. The van der Waals surface area contributed by atoms with Gasteiger partial charge in [-0.05, 0) is 24.6 Å². The lowest BCUT2D eigenvalue weighted by Gasteiger charge is -2.21. The van der Waals surface area contributed by atoms with Gasteiger partial charge in [0.1, 0.15) is 6.04 Å². The summed E-state index contributed by atoms with van der Waals surface area (Å²) in [4.78, 5) is 25.0. The monoisotopic (exact) mass is 342 g/mol. The first-order valence-corrected chi connectivity index (χ1v) is 8.85. The molecule has 2 atom stereocenters. The second-order valence-corrected chi connectivity index (χ2v) is 6.61. The summed E-state index contributed by atoms with van der Waals surface area (Å²) in [6.45, 7) is 3.36. The molecule has 0 bridgehead atoms. The number of amides is 2. The van der Waals surface area contributed by atoms with Gasteiger partial charge in [0.2, 0.25) is 11.8 Å². The van der Waals surface area contributed by atoms with Crippen LogP contribution in [0.3, 0.4) is 0 Å². The molecule has 0 fully saturated rings. The normalized spacial score (nSPS) is 12.9. The fourth-order valence-electron chi connectivity index (χ4n) is 2.26. The molecule has 0 spiro atoms. The third kappa shape index (κ3) is 5.74. The van der Waals surface area contributed by atoms with Gasteiger partial charge in [0.25, 0.3) is 0 Å². The molecule has 0 saturated carbocycles. The highest BCUT2D eigenvalue weighted by molar-refractivity contribution is 7.99. The molecule has 0 aromatic heterocycles. The highest BCUT2D eigenvalue weighted by atomic mass is 32.2. The van der Waals surface area contributed by atoms with Crippen molar-refractivity contribution in [3.63, 3.8) is 0 Å². The van der Waals surface area contributed by atoms with E-state index in [-0.39, 0.29) is 17.9 Å². The van der Waals surface area contributed by atoms with Crippen LogP contribution in [-0.4, -0.2) is 23.6 Å². The summed E-state index contributed by atoms with van der Waals surface area (Å²) in [6.07, 6.45) is 0. The van der Waals surface area contributed by atoms with Gasteiger partial charge in [0.05, 0.1) is 6.04 Å². The highest BCUT2D eigenvalue weighted by Crippen LogP contribution is 2.18. The number of hydrogen-bond acceptors (Lipinski definition) is 3. The standard InChI is InChI=1S/C19H22N2O2S/c1-14(16-9-5-3-6-10-16)20-19(23)18(21-15(2)22)13-24-17-11-7-4-8-12-17/h3-12,14,18H,13H2,1-2H3,(H,20,23)(H,21,22). The maximum atomic E-state index is 12.5. The van der Waals surface area contributed by atoms with Crippen molar-refractivity contribution in [1.82, 2.24) is 10.6 Å². The fourth-order valence-corrected chi connectivity index (χ4v) is 3.21. The van der Waals surface area contributed by atoms with Gasteiger partial charge in [-0.3, -0.25) is 9.59 Å². The van der Waals surface area contributed by atoms with Crippen LogP contribution in [0.2, 0.25) is 0 Å². The Morgan fingerprint density at radius 1 is 0.958 bits per heavy atom. The summed E-state index contributed by atoms with van der Waals surface area (Å²) in [5, 5.41) is 5.71. The largest absolute Gasteiger partial charge is 0.348 e. The first-order valence-electron chi connectivity index (χ1n) is 7.86. The Bertz CT molecular complexity index is 662. The summed E-state index contributed by atoms with van der Waals surface area (Å²) in [6, 6.07) is 18.9. The Kier molecular flexibility index (Phi) is 6.88. The Hall–Kier alpha value is -2.27. The van der Waals surface area contributed by atoms with Crippen LogP contribution in [0.1, 0.15) is 25.5 Å². The first-order chi connectivity index (χ1) is 11.6. The zero-order valence-corrected chi connectivity index (χ0v) is 14.7. The molecular formula is C19H22N2O2S. The lowest BCUT2D eigenvalue weighted by atomic mass is 10.1. The number of thioether (sulfide) groups is 1. The number of nitrogens with one attached hydrogen (secondary N) is 2. The lowest BCUT2D eigenvalue weighted by Crippen LogP contribution is -2.48. The Morgan fingerprint density at radius 2 is 1.54 bits per heavy atom. The van der Waals surface area contributed by atoms with E-state index in [2.05, 4.69) is 10.6 Å². The number of hydrogen-bond donors (Lipinski definition) is 2. The topological polar surface area (TPSA) is 58.2 Å². The van der Waals surface area contributed by atoms with Gasteiger partial charge in [0.15, 0.2) is 0 Å². The zero-order valence-electron chi connectivity index (χ0n) is 13.9. The van der Waals surface area contributed by atoms with Crippen LogP contribution in [0, 0.1) is 0 Å². The van der Waals surface area contributed by atoms with Crippen molar-refractivity contribution in [3.05, 3.63) is 66.2 Å². The van der Waals surface area contributed by atoms with E-state index in [1.165, 1.54) is 6.92 Å². The second kappa shape index (κ2) is 9.13. The van der Waals surface area contributed by atoms with Crippen LogP contribution in [0.4, 0.5) is 0 Å². The summed E-state index contributed by atoms with van der Waals surface area (Å²) in [5.74, 6) is 0.0953. The Morgan fingerprint density at radius 3 is 2.12 bits per heavy atom. The van der Waals surface area contributed by atoms with Crippen molar-refractivity contribution in [3.8, 4) is 0 Å². The molecule has 5 heteroatoms. The van der Waals surface area contributed by atoms with Crippen LogP contribution < -0.4 is 10.6 Å². The van der Waals surface area contributed by atoms with Gasteiger partial charge in [0, 0.05) is 17.6 Å². The van der Waals surface area contributed by atoms with Crippen molar-refractivity contribution in [2.45, 2.75) is 30.8 Å². The van der Waals surface area contributed by atoms with Gasteiger partial charge < -0.3 is 10.6 Å². The van der Waals surface area contributed by atoms with Gasteiger partial charge in [-0.1, -0.05) is 48.5 Å². The van der Waals surface area contributed by atoms with E-state index in [1.54, 1.807) is 11.8 Å². The second-order valence-electron chi connectivity index (χ2n) is 5.52. The van der Waals surface area contributed by atoms with E-state index in [0.717, 1.165) is 10.5 Å². The van der Waals surface area contributed by atoms with E-state index in [9.17, 15) is 9.59 Å². The predicted molar refractivity (Wildman–Crippen MR) is 97.8 cm³/mol. The molecule has 24 heavy (non-hydrogen) atoms. The molecule has 2 amide bonds. The summed E-state index contributed by atoms with van der Waals surface area (Å²) < 4.78 is 0. The SMILES string of the molecule is CC(=O)NC(CSc1ccccc1)C(=O)NC(C)c1ccccc1. The molecule has 0 radical (unpaired) electrons. The van der Waals surface area contributed by atoms with Crippen LogP contribution in [0.25, 0.3) is 0 Å². The molecule has 0 heterocycles. The van der Waals surface area contributed by atoms with Crippen molar-refractivity contribution in [1.29, 1.82) is 0 Å². The van der Waals surface area contributed by atoms with Crippen molar-refractivity contribution < 1.29 is 9.59 Å². The van der Waals surface area contributed by atoms with Gasteiger partial charge in [-0.15, -0.1) is 11.8 Å². The molecule has 2 aromatic rings. The molecule has 126 valence electrons. The Balaban J connectivity index is 1.98. The molecule has 0 aliphatic rings. The molecule has 2 N–H and O–H groups in total. The number of rotatable bonds is 7. The quantitative estimate of drug-likeness (QED) is 0.760. The number of carbonyl (C=O) groups is 2. The fraction of sp³-hybridized carbons (Fsp3) is 0.263. The van der Waals surface area contributed by atoms with Crippen LogP contribution in [-0.2, 0) is 9.59 Å². The molecule has 0 aliphatic heterocycles. The predicted octanol–water partition coefficient (Wildman–Crippen LogP) is 3.16. The van der Waals surface area contributed by atoms with E-state index < -0.39 is 6.04 Å². The minimum absolute atomic E-state index is 0.114. The lowest BCUT2D eigenvalue weighted by molar-refractivity contribution is -0.127. The summed E-state index contributed by atoms with van der Waals surface area (Å²) in [5.41, 5.74) is 1.03. The summed E-state index contributed by atoms with van der Waals surface area (Å²) >= 11 is 1.55. The molecular weight excluding hydrogens is 320 g/mol. The Labute approximate surface area is 147 Å². The first kappa shape index (κ1) is 18.1. The van der Waals surface area contributed by atoms with Crippen LogP contribution in [0.5, 0.6) is 0 Å². The van der Waals surface area contributed by atoms with E-state index in [1.807, 2.05) is 67.6 Å². The third-order valence-electron chi connectivity index (χ3n) is 3.51. The maximum Gasteiger partial charge on any atom is 0.243 e. The average molecular weight is 342 g/mol. The molecule has 0 saturated heterocycles. The molecule has 2 unspecified atom stereocenters. The van der Waals surface area contributed by atoms with E-state index in [4.69, 9.17) is 0 Å². The highest BCUT2D eigenvalue weighted by Gasteiger charge is 2.21. The van der Waals surface area contributed by atoms with Crippen molar-refractivity contribution in [2.24, 2.45) is 0 Å². The van der Waals surface area contributed by atoms with E-state index in [0.29, 0.717) is 5.75 Å². The minimum atomic E-state index is -0.570. The van der Waals surface area contributed by atoms with E-state index >= 15 is 0 Å². The van der Waals surface area contributed by atoms with Crippen molar-refractivity contribution >= 4 is 23.6 Å². The van der Waals surface area contributed by atoms with Gasteiger partial charge >= 0.3 is 0 Å². The number of benzene rings is 2. The maximum absolute atomic E-state index is 12.5. The third-order valence-corrected chi connectivity index (χ3v) is 4.62. The van der Waals surface area contributed by atoms with Crippen LogP contribution in [0.15, 0.2) is 65.6 Å². The van der Waals surface area contributed by atoms with Gasteiger partial charge in [-0.25, -0.2) is 0 Å². The molecule has 2 rings (SSSR count). The molecule has 4 nitrogen and oxygen atoms in total. The minimum Gasteiger partial charge on any atom is -0.348 e. The number of carbonyl (C=O) groups excluding carboxylic acids is 2. The average Bonchev–Trinajstić information content (AvgIpc) is 2.59. The van der Waals surface area contributed by atoms with Crippen LogP contribution >= 0.6 is 11.8 Å². The molecule has 2 aromatic carbocycles. The smallest absolute Gasteiger partial charge is 0.243 e. The molecule has 0 aliphatic carbocycles. The zero-order chi connectivity index (χ0) is 17.4.